The van der Waals surface area contributed by atoms with Gasteiger partial charge in [0.05, 0.1) is 0 Å². The van der Waals surface area contributed by atoms with Gasteiger partial charge in [-0.3, -0.25) is 0 Å². The van der Waals surface area contributed by atoms with E-state index >= 15 is 0 Å². The summed E-state index contributed by atoms with van der Waals surface area (Å²) in [6, 6.07) is 36.1. The number of halogens is 1. The number of benzene rings is 5. The van der Waals surface area contributed by atoms with Crippen molar-refractivity contribution in [3.8, 4) is 22.3 Å². The Labute approximate surface area is 182 Å². The molecule has 142 valence electrons. The van der Waals surface area contributed by atoms with Crippen LogP contribution >= 0.6 is 15.9 Å². The number of hydrogen-bond donors (Lipinski definition) is 0. The first-order chi connectivity index (χ1) is 14.8. The molecule has 0 atom stereocenters. The van der Waals surface area contributed by atoms with Crippen LogP contribution in [-0.2, 0) is 0 Å². The van der Waals surface area contributed by atoms with E-state index in [4.69, 9.17) is 4.42 Å². The Morgan fingerprint density at radius 3 is 2.03 bits per heavy atom. The Hall–Kier alpha value is -3.36. The molecular weight excluding hydrogens is 432 g/mol. The molecule has 0 radical (unpaired) electrons. The molecule has 6 aromatic rings. The van der Waals surface area contributed by atoms with E-state index in [1.54, 1.807) is 0 Å². The van der Waals surface area contributed by atoms with Crippen LogP contribution in [0.2, 0.25) is 0 Å². The van der Waals surface area contributed by atoms with Crippen molar-refractivity contribution in [2.45, 2.75) is 0 Å². The second-order valence-corrected chi connectivity index (χ2v) is 8.32. The first-order valence-corrected chi connectivity index (χ1v) is 10.8. The lowest BCUT2D eigenvalue weighted by Gasteiger charge is -2.14. The summed E-state index contributed by atoms with van der Waals surface area (Å²) in [5.74, 6) is 0. The second kappa shape index (κ2) is 6.86. The van der Waals surface area contributed by atoms with Gasteiger partial charge in [0.2, 0.25) is 0 Å². The summed E-state index contributed by atoms with van der Waals surface area (Å²) in [6.45, 7) is 0. The minimum absolute atomic E-state index is 0.903. The summed E-state index contributed by atoms with van der Waals surface area (Å²) in [7, 11) is 0. The van der Waals surface area contributed by atoms with Crippen LogP contribution in [-0.4, -0.2) is 0 Å². The fourth-order valence-electron chi connectivity index (χ4n) is 4.45. The van der Waals surface area contributed by atoms with Crippen molar-refractivity contribution in [3.05, 3.63) is 108 Å². The molecule has 30 heavy (non-hydrogen) atoms. The monoisotopic (exact) mass is 448 g/mol. The van der Waals surface area contributed by atoms with Gasteiger partial charge in [0.15, 0.2) is 0 Å². The molecule has 0 saturated carbocycles. The van der Waals surface area contributed by atoms with Gasteiger partial charge >= 0.3 is 0 Å². The molecular formula is C28H17BrO. The van der Waals surface area contributed by atoms with Crippen molar-refractivity contribution in [2.24, 2.45) is 0 Å². The average molecular weight is 449 g/mol. The summed E-state index contributed by atoms with van der Waals surface area (Å²) in [4.78, 5) is 0. The highest BCUT2D eigenvalue weighted by molar-refractivity contribution is 9.10. The van der Waals surface area contributed by atoms with E-state index in [1.165, 1.54) is 38.4 Å². The zero-order chi connectivity index (χ0) is 20.1. The SMILES string of the molecule is Brc1cc2oc3ccccc3c2c2c(-c3ccccc3-c3ccccc3)cccc12. The van der Waals surface area contributed by atoms with Gasteiger partial charge in [-0.25, -0.2) is 0 Å². The third-order valence-corrected chi connectivity index (χ3v) is 6.41. The standard InChI is InChI=1S/C28H17BrO/c29-24-17-26-28(23-13-6-7-16-25(23)30-26)27-21(14-8-15-22(24)27)20-12-5-4-11-19(20)18-9-2-1-3-10-18/h1-17H. The van der Waals surface area contributed by atoms with Gasteiger partial charge in [-0.2, -0.15) is 0 Å². The van der Waals surface area contributed by atoms with Gasteiger partial charge < -0.3 is 4.42 Å². The van der Waals surface area contributed by atoms with Crippen LogP contribution in [0.3, 0.4) is 0 Å². The van der Waals surface area contributed by atoms with Gasteiger partial charge in [0.25, 0.3) is 0 Å². The highest BCUT2D eigenvalue weighted by atomic mass is 79.9. The number of hydrogen-bond acceptors (Lipinski definition) is 1. The van der Waals surface area contributed by atoms with Crippen molar-refractivity contribution >= 4 is 48.6 Å². The van der Waals surface area contributed by atoms with E-state index in [-0.39, 0.29) is 0 Å². The molecule has 1 nitrogen and oxygen atoms in total. The Morgan fingerprint density at radius 1 is 0.500 bits per heavy atom. The minimum atomic E-state index is 0.903. The molecule has 2 heteroatoms. The van der Waals surface area contributed by atoms with Crippen LogP contribution in [0.4, 0.5) is 0 Å². The number of rotatable bonds is 2. The predicted octanol–water partition coefficient (Wildman–Crippen LogP) is 8.84. The molecule has 0 saturated heterocycles. The quantitative estimate of drug-likeness (QED) is 0.257. The van der Waals surface area contributed by atoms with Gasteiger partial charge in [-0.05, 0) is 39.8 Å². The van der Waals surface area contributed by atoms with E-state index in [1.807, 2.05) is 12.1 Å². The van der Waals surface area contributed by atoms with E-state index < -0.39 is 0 Å². The third-order valence-electron chi connectivity index (χ3n) is 5.75. The Balaban J connectivity index is 1.79. The van der Waals surface area contributed by atoms with E-state index in [0.717, 1.165) is 21.0 Å². The third kappa shape index (κ3) is 2.61. The smallest absolute Gasteiger partial charge is 0.137 e. The van der Waals surface area contributed by atoms with Gasteiger partial charge in [-0.1, -0.05) is 107 Å². The van der Waals surface area contributed by atoms with Crippen LogP contribution in [0.25, 0.3) is 55.0 Å². The molecule has 5 aromatic carbocycles. The normalized spacial score (nSPS) is 11.5. The van der Waals surface area contributed by atoms with Crippen molar-refractivity contribution in [1.29, 1.82) is 0 Å². The molecule has 1 aromatic heterocycles. The fourth-order valence-corrected chi connectivity index (χ4v) is 4.99. The van der Waals surface area contributed by atoms with Crippen molar-refractivity contribution in [1.82, 2.24) is 0 Å². The van der Waals surface area contributed by atoms with Crippen LogP contribution in [0.15, 0.2) is 112 Å². The zero-order valence-electron chi connectivity index (χ0n) is 16.1. The summed E-state index contributed by atoms with van der Waals surface area (Å²) < 4.78 is 7.26. The lowest BCUT2D eigenvalue weighted by atomic mass is 9.90. The average Bonchev–Trinajstić information content (AvgIpc) is 3.17. The van der Waals surface area contributed by atoms with Gasteiger partial charge in [-0.15, -0.1) is 0 Å². The van der Waals surface area contributed by atoms with Crippen molar-refractivity contribution in [3.63, 3.8) is 0 Å². The number of para-hydroxylation sites is 1. The molecule has 1 heterocycles. The topological polar surface area (TPSA) is 13.1 Å². The Bertz CT molecular complexity index is 1540. The van der Waals surface area contributed by atoms with Gasteiger partial charge in [0, 0.05) is 20.6 Å². The number of fused-ring (bicyclic) bond motifs is 5. The molecule has 0 amide bonds. The first kappa shape index (κ1) is 17.5. The van der Waals surface area contributed by atoms with Gasteiger partial charge in [0.1, 0.15) is 11.2 Å². The molecule has 0 N–H and O–H groups in total. The second-order valence-electron chi connectivity index (χ2n) is 7.47. The Kier molecular flexibility index (Phi) is 4.00. The maximum atomic E-state index is 6.22. The minimum Gasteiger partial charge on any atom is -0.456 e. The maximum Gasteiger partial charge on any atom is 0.137 e. The lowest BCUT2D eigenvalue weighted by molar-refractivity contribution is 0.669. The molecule has 0 aliphatic carbocycles. The molecule has 0 aliphatic rings. The molecule has 0 spiro atoms. The van der Waals surface area contributed by atoms with Crippen LogP contribution in [0.5, 0.6) is 0 Å². The highest BCUT2D eigenvalue weighted by Gasteiger charge is 2.17. The Morgan fingerprint density at radius 2 is 1.17 bits per heavy atom. The highest BCUT2D eigenvalue weighted by Crippen LogP contribution is 2.44. The molecule has 6 rings (SSSR count). The van der Waals surface area contributed by atoms with Crippen LogP contribution in [0.1, 0.15) is 0 Å². The lowest BCUT2D eigenvalue weighted by Crippen LogP contribution is -1.88. The predicted molar refractivity (Wildman–Crippen MR) is 130 cm³/mol. The van der Waals surface area contributed by atoms with E-state index in [2.05, 4.69) is 107 Å². The van der Waals surface area contributed by atoms with Crippen molar-refractivity contribution in [2.75, 3.05) is 0 Å². The molecule has 0 fully saturated rings. The molecule has 0 unspecified atom stereocenters. The molecule has 0 aliphatic heterocycles. The number of furan rings is 1. The summed E-state index contributed by atoms with van der Waals surface area (Å²) >= 11 is 3.79. The fraction of sp³-hybridized carbons (Fsp3) is 0. The summed E-state index contributed by atoms with van der Waals surface area (Å²) in [5, 5.41) is 4.72. The van der Waals surface area contributed by atoms with E-state index in [9.17, 15) is 0 Å². The molecule has 0 bridgehead atoms. The van der Waals surface area contributed by atoms with E-state index in [0.29, 0.717) is 0 Å². The largest absolute Gasteiger partial charge is 0.456 e. The first-order valence-electron chi connectivity index (χ1n) is 9.98. The summed E-state index contributed by atoms with van der Waals surface area (Å²) in [6.07, 6.45) is 0. The van der Waals surface area contributed by atoms with Crippen LogP contribution in [0, 0.1) is 0 Å². The maximum absolute atomic E-state index is 6.22. The van der Waals surface area contributed by atoms with Crippen molar-refractivity contribution < 1.29 is 4.42 Å². The summed E-state index contributed by atoms with van der Waals surface area (Å²) in [5.41, 5.74) is 6.70. The van der Waals surface area contributed by atoms with Crippen LogP contribution < -0.4 is 0 Å². The zero-order valence-corrected chi connectivity index (χ0v) is 17.7.